The van der Waals surface area contributed by atoms with Crippen LogP contribution in [0, 0.1) is 11.8 Å². The molecule has 0 spiro atoms. The van der Waals surface area contributed by atoms with Crippen molar-refractivity contribution in [2.75, 3.05) is 32.8 Å². The summed E-state index contributed by atoms with van der Waals surface area (Å²) >= 11 is 0. The molecular formula is C14H28N2O2. The molecule has 0 aromatic heterocycles. The number of carbonyl (C=O) groups is 1. The van der Waals surface area contributed by atoms with Crippen molar-refractivity contribution in [1.82, 2.24) is 10.2 Å². The van der Waals surface area contributed by atoms with Crippen molar-refractivity contribution in [2.45, 2.75) is 40.0 Å². The van der Waals surface area contributed by atoms with E-state index in [2.05, 4.69) is 26.1 Å². The van der Waals surface area contributed by atoms with Crippen LogP contribution < -0.4 is 5.32 Å². The SMILES string of the molecule is CCCN(CC1CCOC1)C(=O)NCCC(C)C. The molecule has 1 unspecified atom stereocenters. The third-order valence-electron chi connectivity index (χ3n) is 3.28. The van der Waals surface area contributed by atoms with Gasteiger partial charge in [-0.25, -0.2) is 4.79 Å². The molecule has 18 heavy (non-hydrogen) atoms. The Hall–Kier alpha value is -0.770. The van der Waals surface area contributed by atoms with Crippen LogP contribution in [0.25, 0.3) is 0 Å². The first-order valence-electron chi connectivity index (χ1n) is 7.24. The maximum atomic E-state index is 12.1. The monoisotopic (exact) mass is 256 g/mol. The van der Waals surface area contributed by atoms with Crippen molar-refractivity contribution >= 4 is 6.03 Å². The number of carbonyl (C=O) groups excluding carboxylic acids is 1. The zero-order valence-electron chi connectivity index (χ0n) is 12.1. The van der Waals surface area contributed by atoms with Gasteiger partial charge in [-0.3, -0.25) is 0 Å². The lowest BCUT2D eigenvalue weighted by atomic mass is 10.1. The summed E-state index contributed by atoms with van der Waals surface area (Å²) in [6, 6.07) is 0.0874. The molecule has 0 saturated carbocycles. The number of ether oxygens (including phenoxy) is 1. The second-order valence-electron chi connectivity index (χ2n) is 5.59. The highest BCUT2D eigenvalue weighted by atomic mass is 16.5. The smallest absolute Gasteiger partial charge is 0.317 e. The average Bonchev–Trinajstić information content (AvgIpc) is 2.80. The van der Waals surface area contributed by atoms with Crippen molar-refractivity contribution in [1.29, 1.82) is 0 Å². The minimum atomic E-state index is 0.0874. The Labute approximate surface area is 111 Å². The normalized spacial score (nSPS) is 19.2. The van der Waals surface area contributed by atoms with Gasteiger partial charge < -0.3 is 15.0 Å². The van der Waals surface area contributed by atoms with E-state index in [1.54, 1.807) is 0 Å². The molecule has 1 aliphatic rings. The molecule has 0 radical (unpaired) electrons. The molecule has 1 rings (SSSR count). The Morgan fingerprint density at radius 3 is 2.83 bits per heavy atom. The molecule has 4 nitrogen and oxygen atoms in total. The summed E-state index contributed by atoms with van der Waals surface area (Å²) in [6.45, 7) is 10.6. The molecule has 0 bridgehead atoms. The van der Waals surface area contributed by atoms with E-state index in [0.29, 0.717) is 11.8 Å². The van der Waals surface area contributed by atoms with E-state index >= 15 is 0 Å². The largest absolute Gasteiger partial charge is 0.381 e. The number of amides is 2. The fourth-order valence-corrected chi connectivity index (χ4v) is 2.16. The quantitative estimate of drug-likeness (QED) is 0.760. The van der Waals surface area contributed by atoms with Gasteiger partial charge in [-0.05, 0) is 25.2 Å². The Balaban J connectivity index is 2.31. The van der Waals surface area contributed by atoms with Gasteiger partial charge in [0.05, 0.1) is 6.61 Å². The lowest BCUT2D eigenvalue weighted by Crippen LogP contribution is -2.43. The molecular weight excluding hydrogens is 228 g/mol. The predicted octanol–water partition coefficient (Wildman–Crippen LogP) is 2.49. The Bertz CT molecular complexity index is 238. The van der Waals surface area contributed by atoms with Gasteiger partial charge in [0.15, 0.2) is 0 Å². The van der Waals surface area contributed by atoms with E-state index in [9.17, 15) is 4.79 Å². The molecule has 0 aliphatic carbocycles. The summed E-state index contributed by atoms with van der Waals surface area (Å²) in [5.41, 5.74) is 0. The van der Waals surface area contributed by atoms with Crippen LogP contribution in [0.4, 0.5) is 4.79 Å². The molecule has 1 heterocycles. The van der Waals surface area contributed by atoms with Crippen LogP contribution in [0.1, 0.15) is 40.0 Å². The number of urea groups is 1. The van der Waals surface area contributed by atoms with Crippen molar-refractivity contribution in [3.63, 3.8) is 0 Å². The van der Waals surface area contributed by atoms with Gasteiger partial charge in [-0.1, -0.05) is 20.8 Å². The van der Waals surface area contributed by atoms with Gasteiger partial charge in [0.2, 0.25) is 0 Å². The molecule has 0 aromatic rings. The van der Waals surface area contributed by atoms with E-state index in [0.717, 1.165) is 52.1 Å². The molecule has 1 N–H and O–H groups in total. The van der Waals surface area contributed by atoms with Gasteiger partial charge in [-0.2, -0.15) is 0 Å². The zero-order chi connectivity index (χ0) is 13.4. The Morgan fingerprint density at radius 2 is 2.28 bits per heavy atom. The van der Waals surface area contributed by atoms with Crippen LogP contribution in [-0.2, 0) is 4.74 Å². The number of hydrogen-bond acceptors (Lipinski definition) is 2. The van der Waals surface area contributed by atoms with E-state index in [1.807, 2.05) is 4.90 Å². The highest BCUT2D eigenvalue weighted by Gasteiger charge is 2.21. The molecule has 1 atom stereocenters. The summed E-state index contributed by atoms with van der Waals surface area (Å²) in [5, 5.41) is 3.02. The third kappa shape index (κ3) is 5.71. The zero-order valence-corrected chi connectivity index (χ0v) is 12.1. The number of nitrogens with one attached hydrogen (secondary N) is 1. The van der Waals surface area contributed by atoms with Gasteiger partial charge in [0.25, 0.3) is 0 Å². The van der Waals surface area contributed by atoms with Crippen LogP contribution in [0.5, 0.6) is 0 Å². The van der Waals surface area contributed by atoms with Crippen LogP contribution >= 0.6 is 0 Å². The van der Waals surface area contributed by atoms with Crippen molar-refractivity contribution < 1.29 is 9.53 Å². The molecule has 2 amide bonds. The maximum Gasteiger partial charge on any atom is 0.317 e. The minimum Gasteiger partial charge on any atom is -0.381 e. The number of hydrogen-bond donors (Lipinski definition) is 1. The van der Waals surface area contributed by atoms with Gasteiger partial charge in [0, 0.05) is 32.2 Å². The second-order valence-corrected chi connectivity index (χ2v) is 5.59. The maximum absolute atomic E-state index is 12.1. The summed E-state index contributed by atoms with van der Waals surface area (Å²) in [7, 11) is 0. The van der Waals surface area contributed by atoms with Gasteiger partial charge >= 0.3 is 6.03 Å². The van der Waals surface area contributed by atoms with Crippen LogP contribution in [0.15, 0.2) is 0 Å². The minimum absolute atomic E-state index is 0.0874. The van der Waals surface area contributed by atoms with E-state index in [4.69, 9.17) is 4.74 Å². The van der Waals surface area contributed by atoms with E-state index < -0.39 is 0 Å². The third-order valence-corrected chi connectivity index (χ3v) is 3.28. The molecule has 106 valence electrons. The topological polar surface area (TPSA) is 41.6 Å². The predicted molar refractivity (Wildman–Crippen MR) is 73.6 cm³/mol. The second kappa shape index (κ2) is 8.35. The Morgan fingerprint density at radius 1 is 1.50 bits per heavy atom. The lowest BCUT2D eigenvalue weighted by molar-refractivity contribution is 0.164. The van der Waals surface area contributed by atoms with Crippen molar-refractivity contribution in [3.05, 3.63) is 0 Å². The summed E-state index contributed by atoms with van der Waals surface area (Å²) in [5.74, 6) is 1.15. The van der Waals surface area contributed by atoms with Crippen molar-refractivity contribution in [3.8, 4) is 0 Å². The summed E-state index contributed by atoms with van der Waals surface area (Å²) in [4.78, 5) is 14.0. The molecule has 1 aliphatic heterocycles. The molecule has 0 aromatic carbocycles. The highest BCUT2D eigenvalue weighted by Crippen LogP contribution is 2.14. The molecule has 1 fully saturated rings. The highest BCUT2D eigenvalue weighted by molar-refractivity contribution is 5.74. The first kappa shape index (κ1) is 15.3. The van der Waals surface area contributed by atoms with E-state index in [-0.39, 0.29) is 6.03 Å². The van der Waals surface area contributed by atoms with Crippen LogP contribution in [0.3, 0.4) is 0 Å². The fourth-order valence-electron chi connectivity index (χ4n) is 2.16. The first-order valence-corrected chi connectivity index (χ1v) is 7.24. The number of nitrogens with zero attached hydrogens (tertiary/aromatic N) is 1. The fraction of sp³-hybridized carbons (Fsp3) is 0.929. The molecule has 1 saturated heterocycles. The van der Waals surface area contributed by atoms with Gasteiger partial charge in [0.1, 0.15) is 0 Å². The average molecular weight is 256 g/mol. The Kier molecular flexibility index (Phi) is 7.09. The van der Waals surface area contributed by atoms with Crippen molar-refractivity contribution in [2.24, 2.45) is 11.8 Å². The molecule has 4 heteroatoms. The summed E-state index contributed by atoms with van der Waals surface area (Å²) in [6.07, 6.45) is 3.13. The first-order chi connectivity index (χ1) is 8.63. The van der Waals surface area contributed by atoms with Crippen LogP contribution in [0.2, 0.25) is 0 Å². The lowest BCUT2D eigenvalue weighted by Gasteiger charge is -2.25. The standard InChI is InChI=1S/C14H28N2O2/c1-4-8-16(10-13-6-9-18-11-13)14(17)15-7-5-12(2)3/h12-13H,4-11H2,1-3H3,(H,15,17). The van der Waals surface area contributed by atoms with Gasteiger partial charge in [-0.15, -0.1) is 0 Å². The van der Waals surface area contributed by atoms with E-state index in [1.165, 1.54) is 0 Å². The van der Waals surface area contributed by atoms with Crippen LogP contribution in [-0.4, -0.2) is 43.8 Å². The summed E-state index contributed by atoms with van der Waals surface area (Å²) < 4.78 is 5.37. The number of rotatable bonds is 7.